The molecule has 0 radical (unpaired) electrons. The molecule has 1 aromatic rings. The number of carbonyl (C=O) groups is 1. The summed E-state index contributed by atoms with van der Waals surface area (Å²) in [5.41, 5.74) is 0.996. The van der Waals surface area contributed by atoms with Gasteiger partial charge in [0.15, 0.2) is 0 Å². The molecule has 21 heavy (non-hydrogen) atoms. The smallest absolute Gasteiger partial charge is 0.387 e. The molecule has 1 fully saturated rings. The lowest BCUT2D eigenvalue weighted by atomic mass is 10.0. The molecule has 1 amide bonds. The average molecular weight is 298 g/mol. The fourth-order valence-corrected chi connectivity index (χ4v) is 2.54. The summed E-state index contributed by atoms with van der Waals surface area (Å²) in [6.45, 7) is -0.100. The number of nitrogens with one attached hydrogen (secondary N) is 1. The molecule has 1 N–H and O–H groups in total. The topological polar surface area (TPSA) is 41.6 Å². The molecule has 6 heteroatoms. The van der Waals surface area contributed by atoms with E-state index in [-0.39, 0.29) is 23.7 Å². The Hall–Kier alpha value is -1.69. The van der Waals surface area contributed by atoms with Crippen LogP contribution in [0, 0.1) is 0 Å². The number of likely N-dealkylation sites (tertiary alicyclic amines) is 1. The molecule has 1 aliphatic rings. The predicted octanol–water partition coefficient (Wildman–Crippen LogP) is 2.56. The Morgan fingerprint density at radius 3 is 2.57 bits per heavy atom. The van der Waals surface area contributed by atoms with Crippen molar-refractivity contribution < 1.29 is 18.3 Å². The summed E-state index contributed by atoms with van der Waals surface area (Å²) in [4.78, 5) is 13.2. The van der Waals surface area contributed by atoms with Crippen LogP contribution in [0.4, 0.5) is 8.78 Å². The summed E-state index contributed by atoms with van der Waals surface area (Å²) >= 11 is 0. The predicted molar refractivity (Wildman–Crippen MR) is 75.3 cm³/mol. The van der Waals surface area contributed by atoms with Crippen molar-refractivity contribution in [2.24, 2.45) is 0 Å². The van der Waals surface area contributed by atoms with E-state index in [1.165, 1.54) is 12.1 Å². The Kier molecular flexibility index (Phi) is 5.12. The zero-order chi connectivity index (χ0) is 15.4. The maximum absolute atomic E-state index is 12.1. The van der Waals surface area contributed by atoms with Gasteiger partial charge >= 0.3 is 6.61 Å². The van der Waals surface area contributed by atoms with Gasteiger partial charge in [-0.2, -0.15) is 8.78 Å². The molecular weight excluding hydrogens is 278 g/mol. The van der Waals surface area contributed by atoms with Gasteiger partial charge in [0, 0.05) is 32.1 Å². The Morgan fingerprint density at radius 2 is 2.00 bits per heavy atom. The van der Waals surface area contributed by atoms with E-state index >= 15 is 0 Å². The zero-order valence-electron chi connectivity index (χ0n) is 12.2. The number of alkyl halides is 2. The molecule has 0 aliphatic carbocycles. The summed E-state index contributed by atoms with van der Waals surface area (Å²) in [6.07, 6.45) is 1.38. The van der Waals surface area contributed by atoms with Crippen LogP contribution >= 0.6 is 0 Å². The van der Waals surface area contributed by atoms with Crippen molar-refractivity contribution in [3.63, 3.8) is 0 Å². The molecule has 1 heterocycles. The number of amides is 1. The highest BCUT2D eigenvalue weighted by molar-refractivity contribution is 5.76. The number of hydrogen-bond acceptors (Lipinski definition) is 3. The molecule has 116 valence electrons. The molecule has 0 saturated carbocycles. The highest BCUT2D eigenvalue weighted by Crippen LogP contribution is 2.21. The first-order chi connectivity index (χ1) is 9.95. The van der Waals surface area contributed by atoms with Gasteiger partial charge in [0.25, 0.3) is 0 Å². The van der Waals surface area contributed by atoms with Crippen molar-refractivity contribution >= 4 is 5.91 Å². The SMILES string of the molecule is CC(NC1CCC(=O)N(C)C1)c1ccc(OC(F)F)cc1. The lowest BCUT2D eigenvalue weighted by Crippen LogP contribution is -2.47. The van der Waals surface area contributed by atoms with Gasteiger partial charge in [-0.25, -0.2) is 0 Å². The van der Waals surface area contributed by atoms with Gasteiger partial charge in [-0.05, 0) is 31.0 Å². The van der Waals surface area contributed by atoms with E-state index in [9.17, 15) is 13.6 Å². The van der Waals surface area contributed by atoms with Crippen LogP contribution in [0.1, 0.15) is 31.4 Å². The van der Waals surface area contributed by atoms with Crippen molar-refractivity contribution in [3.8, 4) is 5.75 Å². The Balaban J connectivity index is 1.91. The van der Waals surface area contributed by atoms with E-state index in [4.69, 9.17) is 0 Å². The maximum atomic E-state index is 12.1. The summed E-state index contributed by atoms with van der Waals surface area (Å²) in [5, 5.41) is 3.46. The minimum Gasteiger partial charge on any atom is -0.435 e. The van der Waals surface area contributed by atoms with E-state index in [0.717, 1.165) is 12.0 Å². The van der Waals surface area contributed by atoms with Gasteiger partial charge in [0.05, 0.1) is 0 Å². The van der Waals surface area contributed by atoms with Gasteiger partial charge in [-0.1, -0.05) is 12.1 Å². The number of nitrogens with zero attached hydrogens (tertiary/aromatic N) is 1. The second kappa shape index (κ2) is 6.85. The van der Waals surface area contributed by atoms with E-state index < -0.39 is 6.61 Å². The van der Waals surface area contributed by atoms with Gasteiger partial charge in [-0.3, -0.25) is 4.79 Å². The van der Waals surface area contributed by atoms with Crippen molar-refractivity contribution in [1.82, 2.24) is 10.2 Å². The molecular formula is C15H20F2N2O2. The minimum absolute atomic E-state index is 0.0807. The Labute approximate surface area is 123 Å². The monoisotopic (exact) mass is 298 g/mol. The largest absolute Gasteiger partial charge is 0.435 e. The van der Waals surface area contributed by atoms with Crippen molar-refractivity contribution in [1.29, 1.82) is 0 Å². The first kappa shape index (κ1) is 15.7. The molecule has 2 rings (SSSR count). The molecule has 2 atom stereocenters. The number of piperidine rings is 1. The first-order valence-corrected chi connectivity index (χ1v) is 7.00. The van der Waals surface area contributed by atoms with Crippen LogP contribution < -0.4 is 10.1 Å². The van der Waals surface area contributed by atoms with E-state index in [0.29, 0.717) is 13.0 Å². The van der Waals surface area contributed by atoms with Crippen molar-refractivity contribution in [2.75, 3.05) is 13.6 Å². The fraction of sp³-hybridized carbons (Fsp3) is 0.533. The lowest BCUT2D eigenvalue weighted by molar-refractivity contribution is -0.132. The van der Waals surface area contributed by atoms with Crippen molar-refractivity contribution in [2.45, 2.75) is 38.5 Å². The van der Waals surface area contributed by atoms with Crippen LogP contribution in [0.15, 0.2) is 24.3 Å². The Bertz CT molecular complexity index is 479. The third-order valence-electron chi connectivity index (χ3n) is 3.72. The van der Waals surface area contributed by atoms with Gasteiger partial charge < -0.3 is 15.0 Å². The molecule has 4 nitrogen and oxygen atoms in total. The molecule has 2 unspecified atom stereocenters. The quantitative estimate of drug-likeness (QED) is 0.908. The van der Waals surface area contributed by atoms with Crippen LogP contribution in [0.2, 0.25) is 0 Å². The number of benzene rings is 1. The van der Waals surface area contributed by atoms with Crippen LogP contribution in [0.3, 0.4) is 0 Å². The first-order valence-electron chi connectivity index (χ1n) is 7.00. The molecule has 0 spiro atoms. The minimum atomic E-state index is -2.80. The average Bonchev–Trinajstić information content (AvgIpc) is 2.43. The summed E-state index contributed by atoms with van der Waals surface area (Å²) < 4.78 is 28.5. The summed E-state index contributed by atoms with van der Waals surface area (Å²) in [6, 6.07) is 6.95. The third kappa shape index (κ3) is 4.39. The maximum Gasteiger partial charge on any atom is 0.387 e. The van der Waals surface area contributed by atoms with E-state index in [1.807, 2.05) is 6.92 Å². The number of hydrogen-bond donors (Lipinski definition) is 1. The number of halogens is 2. The highest BCUT2D eigenvalue weighted by Gasteiger charge is 2.23. The van der Waals surface area contributed by atoms with Gasteiger partial charge in [0.1, 0.15) is 5.75 Å². The standard InChI is InChI=1S/C15H20F2N2O2/c1-10(18-12-5-8-14(20)19(2)9-12)11-3-6-13(7-4-11)21-15(16)17/h3-4,6-7,10,12,15,18H,5,8-9H2,1-2H3. The Morgan fingerprint density at radius 1 is 1.33 bits per heavy atom. The zero-order valence-corrected chi connectivity index (χ0v) is 12.2. The number of ether oxygens (including phenoxy) is 1. The van der Waals surface area contributed by atoms with Crippen LogP contribution in [0.25, 0.3) is 0 Å². The van der Waals surface area contributed by atoms with Crippen LogP contribution in [-0.4, -0.2) is 37.1 Å². The second-order valence-corrected chi connectivity index (χ2v) is 5.35. The number of likely N-dealkylation sites (N-methyl/N-ethyl adjacent to an activating group) is 1. The molecule has 1 saturated heterocycles. The normalized spacial score (nSPS) is 20.7. The van der Waals surface area contributed by atoms with Crippen LogP contribution in [0.5, 0.6) is 5.75 Å². The lowest BCUT2D eigenvalue weighted by Gasteiger charge is -2.32. The molecule has 1 aliphatic heterocycles. The van der Waals surface area contributed by atoms with E-state index in [2.05, 4.69) is 10.1 Å². The molecule has 0 bridgehead atoms. The molecule has 1 aromatic carbocycles. The summed E-state index contributed by atoms with van der Waals surface area (Å²) in [7, 11) is 1.80. The van der Waals surface area contributed by atoms with Gasteiger partial charge in [0.2, 0.25) is 5.91 Å². The third-order valence-corrected chi connectivity index (χ3v) is 3.72. The number of carbonyl (C=O) groups excluding carboxylic acids is 1. The second-order valence-electron chi connectivity index (χ2n) is 5.35. The van der Waals surface area contributed by atoms with Crippen LogP contribution in [-0.2, 0) is 4.79 Å². The highest BCUT2D eigenvalue weighted by atomic mass is 19.3. The van der Waals surface area contributed by atoms with Gasteiger partial charge in [-0.15, -0.1) is 0 Å². The molecule has 0 aromatic heterocycles. The summed E-state index contributed by atoms with van der Waals surface area (Å²) in [5.74, 6) is 0.332. The van der Waals surface area contributed by atoms with Crippen molar-refractivity contribution in [3.05, 3.63) is 29.8 Å². The fourth-order valence-electron chi connectivity index (χ4n) is 2.54. The van der Waals surface area contributed by atoms with E-state index in [1.54, 1.807) is 24.1 Å². The number of rotatable bonds is 5.